The fourth-order valence-corrected chi connectivity index (χ4v) is 4.34. The molecule has 3 aromatic rings. The van der Waals surface area contributed by atoms with Crippen LogP contribution in [0.4, 0.5) is 0 Å². The molecular weight excluding hydrogens is 332 g/mol. The molecule has 1 aromatic carbocycles. The highest BCUT2D eigenvalue weighted by Gasteiger charge is 2.18. The monoisotopic (exact) mass is 348 g/mol. The second-order valence-electron chi connectivity index (χ2n) is 5.17. The Bertz CT molecular complexity index is 909. The molecule has 5 nitrogen and oxygen atoms in total. The maximum absolute atomic E-state index is 12.4. The van der Waals surface area contributed by atoms with Crippen LogP contribution in [-0.4, -0.2) is 13.4 Å². The summed E-state index contributed by atoms with van der Waals surface area (Å²) in [4.78, 5) is 4.76. The van der Waals surface area contributed by atoms with Gasteiger partial charge in [0.25, 0.3) is 0 Å². The van der Waals surface area contributed by atoms with Crippen molar-refractivity contribution >= 4 is 21.4 Å². The summed E-state index contributed by atoms with van der Waals surface area (Å²) in [5.41, 5.74) is 2.06. The van der Waals surface area contributed by atoms with Gasteiger partial charge in [0.05, 0.1) is 11.1 Å². The summed E-state index contributed by atoms with van der Waals surface area (Å²) in [6.07, 6.45) is 1.59. The first-order valence-electron chi connectivity index (χ1n) is 7.02. The molecular formula is C16H16N2O3S2. The third kappa shape index (κ3) is 3.69. The molecule has 0 radical (unpaired) electrons. The van der Waals surface area contributed by atoms with Gasteiger partial charge in [0.1, 0.15) is 4.21 Å². The maximum atomic E-state index is 12.4. The molecule has 23 heavy (non-hydrogen) atoms. The van der Waals surface area contributed by atoms with E-state index in [1.54, 1.807) is 25.3 Å². The Labute approximate surface area is 139 Å². The van der Waals surface area contributed by atoms with Crippen LogP contribution in [0.1, 0.15) is 17.0 Å². The second-order valence-corrected chi connectivity index (χ2v) is 8.25. The van der Waals surface area contributed by atoms with Gasteiger partial charge in [-0.3, -0.25) is 0 Å². The number of benzene rings is 1. The maximum Gasteiger partial charge on any atom is 0.250 e. The van der Waals surface area contributed by atoms with Crippen LogP contribution in [0.3, 0.4) is 0 Å². The topological polar surface area (TPSA) is 72.2 Å². The van der Waals surface area contributed by atoms with E-state index in [-0.39, 0.29) is 10.8 Å². The van der Waals surface area contributed by atoms with Crippen LogP contribution in [0.5, 0.6) is 0 Å². The van der Waals surface area contributed by atoms with Crippen molar-refractivity contribution in [2.75, 3.05) is 0 Å². The van der Waals surface area contributed by atoms with Crippen molar-refractivity contribution in [3.8, 4) is 10.6 Å². The number of aryl methyl sites for hydroxylation is 2. The van der Waals surface area contributed by atoms with Crippen molar-refractivity contribution in [1.82, 2.24) is 9.71 Å². The second kappa shape index (κ2) is 6.27. The van der Waals surface area contributed by atoms with E-state index in [0.717, 1.165) is 27.3 Å². The molecule has 0 spiro atoms. The third-order valence-electron chi connectivity index (χ3n) is 3.30. The summed E-state index contributed by atoms with van der Waals surface area (Å²) < 4.78 is 33.0. The van der Waals surface area contributed by atoms with E-state index in [1.807, 2.05) is 31.2 Å². The van der Waals surface area contributed by atoms with Crippen LogP contribution in [0.15, 0.2) is 51.2 Å². The van der Waals surface area contributed by atoms with Crippen LogP contribution >= 0.6 is 11.3 Å². The molecule has 7 heteroatoms. The highest BCUT2D eigenvalue weighted by atomic mass is 32.2. The summed E-state index contributed by atoms with van der Waals surface area (Å²) in [7, 11) is -3.54. The number of aromatic nitrogens is 1. The third-order valence-corrected chi connectivity index (χ3v) is 6.29. The van der Waals surface area contributed by atoms with Crippen molar-refractivity contribution in [3.63, 3.8) is 0 Å². The van der Waals surface area contributed by atoms with Gasteiger partial charge in [-0.05, 0) is 24.6 Å². The number of nitrogens with zero attached hydrogens (tertiary/aromatic N) is 1. The first-order chi connectivity index (χ1) is 10.9. The van der Waals surface area contributed by atoms with Crippen LogP contribution < -0.4 is 4.72 Å². The van der Waals surface area contributed by atoms with Gasteiger partial charge >= 0.3 is 0 Å². The molecule has 0 aliphatic heterocycles. The molecule has 0 bridgehead atoms. The Morgan fingerprint density at radius 3 is 2.52 bits per heavy atom. The van der Waals surface area contributed by atoms with Crippen molar-refractivity contribution in [3.05, 3.63) is 59.6 Å². The number of nitrogens with one attached hydrogen (secondary N) is 1. The molecule has 120 valence electrons. The number of hydrogen-bond donors (Lipinski definition) is 1. The van der Waals surface area contributed by atoms with Gasteiger partial charge in [-0.25, -0.2) is 18.1 Å². The average Bonchev–Trinajstić information content (AvgIpc) is 3.16. The fraction of sp³-hybridized carbons (Fsp3) is 0.188. The Balaban J connectivity index is 1.75. The van der Waals surface area contributed by atoms with E-state index in [9.17, 15) is 8.42 Å². The van der Waals surface area contributed by atoms with E-state index in [0.29, 0.717) is 11.7 Å². The van der Waals surface area contributed by atoms with E-state index in [2.05, 4.69) is 9.71 Å². The summed E-state index contributed by atoms with van der Waals surface area (Å²) in [6, 6.07) is 11.0. The van der Waals surface area contributed by atoms with Gasteiger partial charge < -0.3 is 4.42 Å². The summed E-state index contributed by atoms with van der Waals surface area (Å²) >= 11 is 1.16. The largest absolute Gasteiger partial charge is 0.440 e. The van der Waals surface area contributed by atoms with Gasteiger partial charge in [-0.1, -0.05) is 29.8 Å². The zero-order valence-corrected chi connectivity index (χ0v) is 14.4. The lowest BCUT2D eigenvalue weighted by Gasteiger charge is -2.05. The van der Waals surface area contributed by atoms with E-state index >= 15 is 0 Å². The number of sulfonamides is 1. The highest BCUT2D eigenvalue weighted by molar-refractivity contribution is 7.91. The van der Waals surface area contributed by atoms with Gasteiger partial charge in [-0.15, -0.1) is 11.3 Å². The van der Waals surface area contributed by atoms with Crippen molar-refractivity contribution < 1.29 is 12.8 Å². The van der Waals surface area contributed by atoms with Crippen LogP contribution in [0.2, 0.25) is 0 Å². The molecule has 0 saturated carbocycles. The van der Waals surface area contributed by atoms with Crippen molar-refractivity contribution in [1.29, 1.82) is 0 Å². The highest BCUT2D eigenvalue weighted by Crippen LogP contribution is 2.31. The fourth-order valence-electron chi connectivity index (χ4n) is 2.03. The number of oxazole rings is 1. The number of rotatable bonds is 5. The van der Waals surface area contributed by atoms with Gasteiger partial charge in [0, 0.05) is 13.5 Å². The molecule has 0 unspecified atom stereocenters. The van der Waals surface area contributed by atoms with E-state index in [1.165, 1.54) is 0 Å². The predicted molar refractivity (Wildman–Crippen MR) is 89.8 cm³/mol. The molecule has 0 fully saturated rings. The number of hydrogen-bond acceptors (Lipinski definition) is 5. The van der Waals surface area contributed by atoms with Crippen molar-refractivity contribution in [2.24, 2.45) is 0 Å². The molecule has 0 atom stereocenters. The SMILES string of the molecule is Cc1ccc(CNS(=O)(=O)c2ccc(-c3cnc(C)o3)s2)cc1. The minimum absolute atomic E-state index is 0.258. The molecule has 1 N–H and O–H groups in total. The molecule has 0 amide bonds. The Kier molecular flexibility index (Phi) is 4.34. The molecule has 0 saturated heterocycles. The van der Waals surface area contributed by atoms with E-state index < -0.39 is 10.0 Å². The Morgan fingerprint density at radius 2 is 1.87 bits per heavy atom. The lowest BCUT2D eigenvalue weighted by Crippen LogP contribution is -2.22. The zero-order valence-electron chi connectivity index (χ0n) is 12.7. The predicted octanol–water partition coefficient (Wildman–Crippen LogP) is 3.50. The molecule has 3 rings (SSSR count). The van der Waals surface area contributed by atoms with Crippen LogP contribution in [0.25, 0.3) is 10.6 Å². The normalized spacial score (nSPS) is 11.7. The first kappa shape index (κ1) is 15.9. The molecule has 2 heterocycles. The molecule has 0 aliphatic carbocycles. The lowest BCUT2D eigenvalue weighted by atomic mass is 10.2. The molecule has 2 aromatic heterocycles. The van der Waals surface area contributed by atoms with Gasteiger partial charge in [0.15, 0.2) is 11.7 Å². The zero-order chi connectivity index (χ0) is 16.4. The molecule has 0 aliphatic rings. The quantitative estimate of drug-likeness (QED) is 0.766. The van der Waals surface area contributed by atoms with Crippen LogP contribution in [-0.2, 0) is 16.6 Å². The van der Waals surface area contributed by atoms with Crippen LogP contribution in [0, 0.1) is 13.8 Å². The Hall–Kier alpha value is -1.96. The Morgan fingerprint density at radius 1 is 1.13 bits per heavy atom. The summed E-state index contributed by atoms with van der Waals surface area (Å²) in [6.45, 7) is 4.00. The van der Waals surface area contributed by atoms with E-state index in [4.69, 9.17) is 4.42 Å². The van der Waals surface area contributed by atoms with Gasteiger partial charge in [0.2, 0.25) is 10.0 Å². The minimum Gasteiger partial charge on any atom is -0.440 e. The lowest BCUT2D eigenvalue weighted by molar-refractivity contribution is 0.535. The minimum atomic E-state index is -3.54. The first-order valence-corrected chi connectivity index (χ1v) is 9.32. The average molecular weight is 348 g/mol. The summed E-state index contributed by atoms with van der Waals surface area (Å²) in [5, 5.41) is 0. The smallest absolute Gasteiger partial charge is 0.250 e. The van der Waals surface area contributed by atoms with Gasteiger partial charge in [-0.2, -0.15) is 0 Å². The standard InChI is InChI=1S/C16H16N2O3S2/c1-11-3-5-13(6-4-11)9-18-23(19,20)16-8-7-15(22-16)14-10-17-12(2)21-14/h3-8,10,18H,9H2,1-2H3. The summed E-state index contributed by atoms with van der Waals surface area (Å²) in [5.74, 6) is 1.13. The number of thiophene rings is 1. The van der Waals surface area contributed by atoms with Crippen molar-refractivity contribution in [2.45, 2.75) is 24.6 Å².